The van der Waals surface area contributed by atoms with E-state index in [0.717, 1.165) is 12.0 Å². The van der Waals surface area contributed by atoms with E-state index >= 15 is 0 Å². The molecule has 1 aromatic carbocycles. The van der Waals surface area contributed by atoms with E-state index in [2.05, 4.69) is 19.2 Å². The SMILES string of the molecule is COCCCOc1cc(C[C@H](C[C@H]2[C@H](CC(C(=O)NCC(C)(C)C(N)=O)C(C)C)OCN2C(=O)O)C(C)C)ccc1OC. The van der Waals surface area contributed by atoms with Gasteiger partial charge in [0.2, 0.25) is 11.8 Å². The van der Waals surface area contributed by atoms with Gasteiger partial charge in [-0.2, -0.15) is 0 Å². The van der Waals surface area contributed by atoms with Gasteiger partial charge in [0.15, 0.2) is 11.5 Å². The molecule has 0 radical (unpaired) electrons. The molecule has 1 aromatic rings. The van der Waals surface area contributed by atoms with Crippen LogP contribution in [-0.4, -0.2) is 80.8 Å². The highest BCUT2D eigenvalue weighted by Crippen LogP contribution is 2.35. The van der Waals surface area contributed by atoms with E-state index in [0.29, 0.717) is 44.0 Å². The number of carbonyl (C=O) groups excluding carboxylic acids is 2. The van der Waals surface area contributed by atoms with Crippen molar-refractivity contribution in [3.8, 4) is 11.5 Å². The summed E-state index contributed by atoms with van der Waals surface area (Å²) in [7, 11) is 3.27. The number of hydrogen-bond acceptors (Lipinski definition) is 7. The van der Waals surface area contributed by atoms with Gasteiger partial charge in [-0.15, -0.1) is 0 Å². The van der Waals surface area contributed by atoms with E-state index in [4.69, 9.17) is 24.7 Å². The van der Waals surface area contributed by atoms with Crippen molar-refractivity contribution in [2.45, 2.75) is 79.4 Å². The monoisotopic (exact) mass is 607 g/mol. The Morgan fingerprint density at radius 3 is 2.35 bits per heavy atom. The molecule has 1 unspecified atom stereocenters. The molecule has 1 heterocycles. The Morgan fingerprint density at radius 2 is 1.79 bits per heavy atom. The van der Waals surface area contributed by atoms with Gasteiger partial charge in [-0.05, 0) is 68.6 Å². The Kier molecular flexibility index (Phi) is 14.0. The second-order valence-electron chi connectivity index (χ2n) is 12.8. The molecule has 43 heavy (non-hydrogen) atoms. The average molecular weight is 608 g/mol. The quantitative estimate of drug-likeness (QED) is 0.209. The summed E-state index contributed by atoms with van der Waals surface area (Å²) >= 11 is 0. The van der Waals surface area contributed by atoms with Gasteiger partial charge in [0.1, 0.15) is 6.73 Å². The highest BCUT2D eigenvalue weighted by atomic mass is 16.5. The molecular weight excluding hydrogens is 554 g/mol. The number of primary amides is 1. The number of rotatable bonds is 18. The fraction of sp³-hybridized carbons (Fsp3) is 0.719. The predicted molar refractivity (Wildman–Crippen MR) is 164 cm³/mol. The van der Waals surface area contributed by atoms with Crippen molar-refractivity contribution in [1.82, 2.24) is 10.2 Å². The highest BCUT2D eigenvalue weighted by molar-refractivity contribution is 5.83. The first-order valence-electron chi connectivity index (χ1n) is 15.2. The summed E-state index contributed by atoms with van der Waals surface area (Å²) in [6, 6.07) is 5.49. The van der Waals surface area contributed by atoms with Gasteiger partial charge < -0.3 is 35.1 Å². The maximum absolute atomic E-state index is 13.3. The molecule has 4 N–H and O–H groups in total. The summed E-state index contributed by atoms with van der Waals surface area (Å²) < 4.78 is 22.6. The second-order valence-corrected chi connectivity index (χ2v) is 12.8. The number of ether oxygens (including phenoxy) is 4. The number of hydrogen-bond donors (Lipinski definition) is 3. The van der Waals surface area contributed by atoms with Crippen molar-refractivity contribution < 1.29 is 38.4 Å². The molecule has 0 aromatic heterocycles. The van der Waals surface area contributed by atoms with Crippen molar-refractivity contribution in [1.29, 1.82) is 0 Å². The first kappa shape index (κ1) is 36.1. The summed E-state index contributed by atoms with van der Waals surface area (Å²) in [4.78, 5) is 38.6. The Labute approximate surface area is 256 Å². The summed E-state index contributed by atoms with van der Waals surface area (Å²) in [6.07, 6.45) is 0.914. The minimum atomic E-state index is -1.04. The lowest BCUT2D eigenvalue weighted by Gasteiger charge is -2.32. The zero-order valence-corrected chi connectivity index (χ0v) is 27.2. The molecule has 0 bridgehead atoms. The second kappa shape index (κ2) is 16.7. The van der Waals surface area contributed by atoms with Crippen molar-refractivity contribution >= 4 is 17.9 Å². The minimum Gasteiger partial charge on any atom is -0.493 e. The van der Waals surface area contributed by atoms with Gasteiger partial charge in [-0.25, -0.2) is 4.79 Å². The smallest absolute Gasteiger partial charge is 0.409 e. The number of nitrogens with zero attached hydrogens (tertiary/aromatic N) is 1. The van der Waals surface area contributed by atoms with Crippen LogP contribution >= 0.6 is 0 Å². The van der Waals surface area contributed by atoms with Crippen molar-refractivity contribution in [2.75, 3.05) is 40.7 Å². The van der Waals surface area contributed by atoms with Crippen molar-refractivity contribution in [2.24, 2.45) is 34.8 Å². The van der Waals surface area contributed by atoms with Gasteiger partial charge in [-0.1, -0.05) is 33.8 Å². The van der Waals surface area contributed by atoms with E-state index in [-0.39, 0.29) is 36.9 Å². The topological polar surface area (TPSA) is 150 Å². The van der Waals surface area contributed by atoms with Crippen LogP contribution in [0.15, 0.2) is 18.2 Å². The molecule has 1 aliphatic rings. The fourth-order valence-corrected chi connectivity index (χ4v) is 5.29. The van der Waals surface area contributed by atoms with Crippen LogP contribution < -0.4 is 20.5 Å². The third-order valence-electron chi connectivity index (χ3n) is 8.47. The van der Waals surface area contributed by atoms with Crippen LogP contribution in [0.1, 0.15) is 66.4 Å². The maximum Gasteiger partial charge on any atom is 0.409 e. The van der Waals surface area contributed by atoms with Crippen LogP contribution in [0.3, 0.4) is 0 Å². The number of nitrogens with two attached hydrogens (primary N) is 1. The molecule has 2 rings (SSSR count). The number of nitrogens with one attached hydrogen (secondary N) is 1. The Bertz CT molecular complexity index is 1060. The lowest BCUT2D eigenvalue weighted by atomic mass is 9.80. The summed E-state index contributed by atoms with van der Waals surface area (Å²) in [5, 5.41) is 12.9. The number of carboxylic acid groups (broad SMARTS) is 1. The molecule has 11 heteroatoms. The first-order valence-corrected chi connectivity index (χ1v) is 15.2. The third-order valence-corrected chi connectivity index (χ3v) is 8.47. The average Bonchev–Trinajstić information content (AvgIpc) is 3.34. The lowest BCUT2D eigenvalue weighted by Crippen LogP contribution is -2.46. The van der Waals surface area contributed by atoms with E-state index in [9.17, 15) is 19.5 Å². The number of carbonyl (C=O) groups is 3. The molecule has 0 aliphatic carbocycles. The zero-order valence-electron chi connectivity index (χ0n) is 27.2. The zero-order chi connectivity index (χ0) is 32.3. The van der Waals surface area contributed by atoms with E-state index in [1.807, 2.05) is 32.0 Å². The van der Waals surface area contributed by atoms with Gasteiger partial charge >= 0.3 is 6.09 Å². The fourth-order valence-electron chi connectivity index (χ4n) is 5.29. The maximum atomic E-state index is 13.3. The van der Waals surface area contributed by atoms with Crippen molar-refractivity contribution in [3.63, 3.8) is 0 Å². The molecule has 4 atom stereocenters. The predicted octanol–water partition coefficient (Wildman–Crippen LogP) is 4.31. The molecule has 1 saturated heterocycles. The molecule has 3 amide bonds. The van der Waals surface area contributed by atoms with Crippen LogP contribution in [0, 0.1) is 29.1 Å². The summed E-state index contributed by atoms with van der Waals surface area (Å²) in [5.74, 6) is 0.561. The van der Waals surface area contributed by atoms with E-state index < -0.39 is 35.5 Å². The molecule has 11 nitrogen and oxygen atoms in total. The van der Waals surface area contributed by atoms with Crippen molar-refractivity contribution in [3.05, 3.63) is 23.8 Å². The van der Waals surface area contributed by atoms with Gasteiger partial charge in [0.25, 0.3) is 0 Å². The van der Waals surface area contributed by atoms with Gasteiger partial charge in [0.05, 0.1) is 31.3 Å². The molecule has 1 fully saturated rings. The van der Waals surface area contributed by atoms with E-state index in [1.165, 1.54) is 4.90 Å². The highest BCUT2D eigenvalue weighted by Gasteiger charge is 2.42. The van der Waals surface area contributed by atoms with Crippen LogP contribution in [0.25, 0.3) is 0 Å². The molecule has 0 saturated carbocycles. The standard InChI is InChI=1S/C32H53N3O8/c1-20(2)23(14-22-10-11-26(41-8)28(15-22)42-13-9-12-40-7)16-25-27(43-19-35(25)31(38)39)17-24(21(3)4)29(36)34-18-32(5,6)30(33)37/h10-11,15,20-21,23-25,27H,9,12-14,16-19H2,1-8H3,(H2,33,37)(H,34,36)(H,38,39)/t23-,24?,25+,27+/m1/s1. The Morgan fingerprint density at radius 1 is 1.09 bits per heavy atom. The normalized spacial score (nSPS) is 18.5. The number of methoxy groups -OCH3 is 2. The van der Waals surface area contributed by atoms with Crippen LogP contribution in [-0.2, 0) is 25.5 Å². The largest absolute Gasteiger partial charge is 0.493 e. The lowest BCUT2D eigenvalue weighted by molar-refractivity contribution is -0.130. The van der Waals surface area contributed by atoms with Crippen LogP contribution in [0.2, 0.25) is 0 Å². The Hall–Kier alpha value is -3.05. The van der Waals surface area contributed by atoms with Crippen LogP contribution in [0.4, 0.5) is 4.79 Å². The summed E-state index contributed by atoms with van der Waals surface area (Å²) in [5.41, 5.74) is 5.66. The summed E-state index contributed by atoms with van der Waals surface area (Å²) in [6.45, 7) is 12.7. The molecule has 244 valence electrons. The van der Waals surface area contributed by atoms with Crippen LogP contribution in [0.5, 0.6) is 11.5 Å². The Balaban J connectivity index is 2.23. The number of amides is 3. The van der Waals surface area contributed by atoms with Gasteiger partial charge in [0, 0.05) is 32.6 Å². The molecule has 0 spiro atoms. The van der Waals surface area contributed by atoms with E-state index in [1.54, 1.807) is 28.1 Å². The number of benzene rings is 1. The molecule has 1 aliphatic heterocycles. The third kappa shape index (κ3) is 10.6. The molecular formula is C32H53N3O8. The first-order chi connectivity index (χ1) is 20.2. The minimum absolute atomic E-state index is 0.0256. The van der Waals surface area contributed by atoms with Gasteiger partial charge in [-0.3, -0.25) is 14.5 Å².